The highest BCUT2D eigenvalue weighted by Crippen LogP contribution is 2.27. The Kier molecular flexibility index (Phi) is 6.34. The van der Waals surface area contributed by atoms with E-state index in [0.717, 1.165) is 24.8 Å². The van der Waals surface area contributed by atoms with Gasteiger partial charge in [0.1, 0.15) is 5.82 Å². The van der Waals surface area contributed by atoms with Gasteiger partial charge >= 0.3 is 0 Å². The molecule has 0 saturated carbocycles. The Hall–Kier alpha value is -0.890. The summed E-state index contributed by atoms with van der Waals surface area (Å²) in [6, 6.07) is 6.16. The predicted octanol–water partition coefficient (Wildman–Crippen LogP) is 4.78. The summed E-state index contributed by atoms with van der Waals surface area (Å²) in [5, 5.41) is 10.4. The van der Waals surface area contributed by atoms with Crippen LogP contribution in [0.25, 0.3) is 0 Å². The van der Waals surface area contributed by atoms with Crippen LogP contribution < -0.4 is 0 Å². The molecule has 1 atom stereocenters. The lowest BCUT2D eigenvalue weighted by Gasteiger charge is -2.23. The van der Waals surface area contributed by atoms with Crippen LogP contribution >= 0.6 is 0 Å². The SMILES string of the molecule is CCCCCCCCC(C)(O)c1ccc(F)cc1. The van der Waals surface area contributed by atoms with Gasteiger partial charge in [0.15, 0.2) is 0 Å². The molecule has 0 spiro atoms. The van der Waals surface area contributed by atoms with Crippen molar-refractivity contribution < 1.29 is 9.50 Å². The molecule has 0 aliphatic heterocycles. The van der Waals surface area contributed by atoms with Gasteiger partial charge in [0, 0.05) is 0 Å². The number of rotatable bonds is 8. The van der Waals surface area contributed by atoms with Crippen LogP contribution in [0.5, 0.6) is 0 Å². The van der Waals surface area contributed by atoms with E-state index in [1.807, 2.05) is 6.92 Å². The van der Waals surface area contributed by atoms with Crippen LogP contribution in [0.2, 0.25) is 0 Å². The molecule has 0 bridgehead atoms. The Bertz CT molecular complexity index is 329. The summed E-state index contributed by atoms with van der Waals surface area (Å²) < 4.78 is 12.8. The van der Waals surface area contributed by atoms with E-state index in [9.17, 15) is 9.50 Å². The van der Waals surface area contributed by atoms with E-state index in [0.29, 0.717) is 0 Å². The lowest BCUT2D eigenvalue weighted by molar-refractivity contribution is 0.0447. The normalized spacial score (nSPS) is 14.4. The van der Waals surface area contributed by atoms with Gasteiger partial charge in [-0.1, -0.05) is 57.6 Å². The summed E-state index contributed by atoms with van der Waals surface area (Å²) >= 11 is 0. The molecule has 0 amide bonds. The Labute approximate surface area is 110 Å². The maximum atomic E-state index is 12.8. The van der Waals surface area contributed by atoms with Crippen molar-refractivity contribution in [1.29, 1.82) is 0 Å². The van der Waals surface area contributed by atoms with Crippen molar-refractivity contribution in [3.05, 3.63) is 35.6 Å². The average molecular weight is 252 g/mol. The number of hydrogen-bond acceptors (Lipinski definition) is 1. The third-order valence-electron chi connectivity index (χ3n) is 3.48. The highest BCUT2D eigenvalue weighted by Gasteiger charge is 2.22. The van der Waals surface area contributed by atoms with E-state index in [-0.39, 0.29) is 5.82 Å². The average Bonchev–Trinajstić information content (AvgIpc) is 2.34. The Morgan fingerprint density at radius 3 is 2.17 bits per heavy atom. The zero-order valence-corrected chi connectivity index (χ0v) is 11.6. The Morgan fingerprint density at radius 2 is 1.56 bits per heavy atom. The zero-order chi connectivity index (χ0) is 13.4. The maximum absolute atomic E-state index is 12.8. The Balaban J connectivity index is 2.33. The topological polar surface area (TPSA) is 20.2 Å². The fraction of sp³-hybridized carbons (Fsp3) is 0.625. The van der Waals surface area contributed by atoms with Crippen molar-refractivity contribution >= 4 is 0 Å². The van der Waals surface area contributed by atoms with Gasteiger partial charge in [0.05, 0.1) is 5.60 Å². The van der Waals surface area contributed by atoms with Crippen LogP contribution in [-0.4, -0.2) is 5.11 Å². The van der Waals surface area contributed by atoms with Crippen molar-refractivity contribution in [2.45, 2.75) is 64.4 Å². The first-order valence-corrected chi connectivity index (χ1v) is 7.04. The molecule has 1 rings (SSSR count). The molecule has 0 aliphatic rings. The summed E-state index contributed by atoms with van der Waals surface area (Å²) in [5.74, 6) is -0.255. The molecule has 0 aromatic heterocycles. The first-order valence-electron chi connectivity index (χ1n) is 7.04. The molecule has 1 N–H and O–H groups in total. The molecule has 1 nitrogen and oxygen atoms in total. The van der Waals surface area contributed by atoms with E-state index in [2.05, 4.69) is 6.92 Å². The van der Waals surface area contributed by atoms with Gasteiger partial charge in [-0.15, -0.1) is 0 Å². The fourth-order valence-corrected chi connectivity index (χ4v) is 2.20. The molecule has 0 radical (unpaired) electrons. The molecule has 0 fully saturated rings. The summed E-state index contributed by atoms with van der Waals surface area (Å²) in [6.45, 7) is 4.02. The summed E-state index contributed by atoms with van der Waals surface area (Å²) in [5.41, 5.74) is -0.0317. The second-order valence-electron chi connectivity index (χ2n) is 5.30. The van der Waals surface area contributed by atoms with Gasteiger partial charge in [0.25, 0.3) is 0 Å². The molecular weight excluding hydrogens is 227 g/mol. The number of halogens is 1. The van der Waals surface area contributed by atoms with Gasteiger partial charge in [-0.2, -0.15) is 0 Å². The minimum Gasteiger partial charge on any atom is -0.385 e. The Morgan fingerprint density at radius 1 is 1.00 bits per heavy atom. The van der Waals surface area contributed by atoms with Crippen molar-refractivity contribution in [1.82, 2.24) is 0 Å². The van der Waals surface area contributed by atoms with Crippen LogP contribution in [0.3, 0.4) is 0 Å². The molecule has 0 saturated heterocycles. The highest BCUT2D eigenvalue weighted by molar-refractivity contribution is 5.22. The van der Waals surface area contributed by atoms with E-state index in [1.54, 1.807) is 12.1 Å². The number of benzene rings is 1. The minimum atomic E-state index is -0.835. The second-order valence-corrected chi connectivity index (χ2v) is 5.30. The third kappa shape index (κ3) is 5.18. The smallest absolute Gasteiger partial charge is 0.123 e. The fourth-order valence-electron chi connectivity index (χ4n) is 2.20. The highest BCUT2D eigenvalue weighted by atomic mass is 19.1. The van der Waals surface area contributed by atoms with Crippen LogP contribution in [-0.2, 0) is 5.60 Å². The van der Waals surface area contributed by atoms with Crippen LogP contribution in [0.4, 0.5) is 4.39 Å². The number of unbranched alkanes of at least 4 members (excludes halogenated alkanes) is 5. The third-order valence-corrected chi connectivity index (χ3v) is 3.48. The molecule has 1 aromatic rings. The van der Waals surface area contributed by atoms with Crippen LogP contribution in [0, 0.1) is 5.82 Å². The molecule has 102 valence electrons. The minimum absolute atomic E-state index is 0.255. The standard InChI is InChI=1S/C16H25FO/c1-3-4-5-6-7-8-13-16(2,18)14-9-11-15(17)12-10-14/h9-12,18H,3-8,13H2,1-2H3. The van der Waals surface area contributed by atoms with Crippen molar-refractivity contribution in [2.24, 2.45) is 0 Å². The summed E-state index contributed by atoms with van der Waals surface area (Å²) in [4.78, 5) is 0. The molecular formula is C16H25FO. The van der Waals surface area contributed by atoms with E-state index >= 15 is 0 Å². The van der Waals surface area contributed by atoms with E-state index in [4.69, 9.17) is 0 Å². The first kappa shape index (κ1) is 15.2. The van der Waals surface area contributed by atoms with Gasteiger partial charge in [-0.3, -0.25) is 0 Å². The van der Waals surface area contributed by atoms with Gasteiger partial charge < -0.3 is 5.11 Å². The summed E-state index contributed by atoms with van der Waals surface area (Å²) in [7, 11) is 0. The molecule has 2 heteroatoms. The van der Waals surface area contributed by atoms with Crippen LogP contribution in [0.15, 0.2) is 24.3 Å². The van der Waals surface area contributed by atoms with Gasteiger partial charge in [0.2, 0.25) is 0 Å². The largest absolute Gasteiger partial charge is 0.385 e. The maximum Gasteiger partial charge on any atom is 0.123 e. The first-order chi connectivity index (χ1) is 8.56. The second kappa shape index (κ2) is 7.52. The van der Waals surface area contributed by atoms with Crippen LogP contribution in [0.1, 0.15) is 64.4 Å². The molecule has 0 aliphatic carbocycles. The molecule has 1 unspecified atom stereocenters. The molecule has 1 aromatic carbocycles. The van der Waals surface area contributed by atoms with Crippen molar-refractivity contribution in [3.8, 4) is 0 Å². The zero-order valence-electron chi connectivity index (χ0n) is 11.6. The van der Waals surface area contributed by atoms with E-state index < -0.39 is 5.60 Å². The molecule has 0 heterocycles. The van der Waals surface area contributed by atoms with Crippen molar-refractivity contribution in [3.63, 3.8) is 0 Å². The lowest BCUT2D eigenvalue weighted by Crippen LogP contribution is -2.20. The number of hydrogen-bond donors (Lipinski definition) is 1. The van der Waals surface area contributed by atoms with Gasteiger partial charge in [-0.25, -0.2) is 4.39 Å². The number of aliphatic hydroxyl groups is 1. The predicted molar refractivity (Wildman–Crippen MR) is 74.0 cm³/mol. The summed E-state index contributed by atoms with van der Waals surface area (Å²) in [6.07, 6.45) is 8.01. The quantitative estimate of drug-likeness (QED) is 0.660. The van der Waals surface area contributed by atoms with Crippen molar-refractivity contribution in [2.75, 3.05) is 0 Å². The van der Waals surface area contributed by atoms with Gasteiger partial charge in [-0.05, 0) is 31.0 Å². The van der Waals surface area contributed by atoms with E-state index in [1.165, 1.54) is 37.8 Å². The lowest BCUT2D eigenvalue weighted by atomic mass is 9.90. The monoisotopic (exact) mass is 252 g/mol. The molecule has 18 heavy (non-hydrogen) atoms.